The van der Waals surface area contributed by atoms with Crippen LogP contribution in [0.5, 0.6) is 0 Å². The summed E-state index contributed by atoms with van der Waals surface area (Å²) in [6.07, 6.45) is 4.90. The van der Waals surface area contributed by atoms with Crippen LogP contribution in [0.1, 0.15) is 48.5 Å². The number of benzene rings is 2. The summed E-state index contributed by atoms with van der Waals surface area (Å²) >= 11 is 0. The number of rotatable bonds is 3. The Balaban J connectivity index is 1.59. The summed E-state index contributed by atoms with van der Waals surface area (Å²) in [5, 5.41) is 20.2. The summed E-state index contributed by atoms with van der Waals surface area (Å²) in [5.41, 5.74) is 4.23. The van der Waals surface area contributed by atoms with Crippen LogP contribution in [0.2, 0.25) is 0 Å². The van der Waals surface area contributed by atoms with Crippen LogP contribution in [0.3, 0.4) is 0 Å². The molecule has 0 saturated heterocycles. The monoisotopic (exact) mass is 404 g/mol. The van der Waals surface area contributed by atoms with E-state index in [1.54, 1.807) is 6.26 Å². The zero-order valence-corrected chi connectivity index (χ0v) is 17.4. The highest BCUT2D eigenvalue weighted by molar-refractivity contribution is 5.92. The van der Waals surface area contributed by atoms with Crippen molar-refractivity contribution in [2.45, 2.75) is 31.6 Å². The number of furan rings is 1. The van der Waals surface area contributed by atoms with E-state index in [-0.39, 0.29) is 5.92 Å². The molecule has 31 heavy (non-hydrogen) atoms. The molecule has 1 fully saturated rings. The van der Waals surface area contributed by atoms with Crippen LogP contribution in [0, 0.1) is 39.9 Å². The Bertz CT molecular complexity index is 1150. The van der Waals surface area contributed by atoms with E-state index in [1.165, 1.54) is 22.3 Å². The summed E-state index contributed by atoms with van der Waals surface area (Å²) in [6, 6.07) is 29.8. The maximum atomic E-state index is 10.1. The van der Waals surface area contributed by atoms with Crippen molar-refractivity contribution >= 4 is 11.1 Å². The summed E-state index contributed by atoms with van der Waals surface area (Å²) in [7, 11) is 0. The van der Waals surface area contributed by atoms with Gasteiger partial charge in [-0.05, 0) is 71.9 Å². The number of nitrogens with zero attached hydrogens (tertiary/aromatic N) is 2. The van der Waals surface area contributed by atoms with Gasteiger partial charge in [-0.1, -0.05) is 60.7 Å². The molecule has 1 aromatic heterocycles. The predicted octanol–water partition coefficient (Wildman–Crippen LogP) is 6.83. The Labute approximate surface area is 183 Å². The van der Waals surface area contributed by atoms with Gasteiger partial charge in [0, 0.05) is 5.92 Å². The van der Waals surface area contributed by atoms with Crippen LogP contribution in [0.15, 0.2) is 83.5 Å². The fraction of sp³-hybridized carbons (Fsp3) is 0.286. The van der Waals surface area contributed by atoms with Crippen molar-refractivity contribution in [2.24, 2.45) is 17.3 Å². The lowest BCUT2D eigenvalue weighted by Crippen LogP contribution is -2.39. The van der Waals surface area contributed by atoms with Gasteiger partial charge in [0.1, 0.15) is 5.76 Å². The first-order chi connectivity index (χ1) is 15.2. The molecule has 3 heteroatoms. The first-order valence-corrected chi connectivity index (χ1v) is 10.9. The molecule has 3 nitrogen and oxygen atoms in total. The Morgan fingerprint density at radius 1 is 0.742 bits per heavy atom. The number of hydrogen-bond acceptors (Lipinski definition) is 3. The lowest BCUT2D eigenvalue weighted by atomic mass is 9.55. The third kappa shape index (κ3) is 3.37. The van der Waals surface area contributed by atoms with Gasteiger partial charge in [0.15, 0.2) is 5.41 Å². The van der Waals surface area contributed by atoms with E-state index >= 15 is 0 Å². The topological polar surface area (TPSA) is 60.7 Å². The Kier molecular flexibility index (Phi) is 4.97. The molecule has 0 N–H and O–H groups in total. The van der Waals surface area contributed by atoms with E-state index in [0.717, 1.165) is 25.0 Å². The fourth-order valence-electron chi connectivity index (χ4n) is 5.66. The predicted molar refractivity (Wildman–Crippen MR) is 120 cm³/mol. The van der Waals surface area contributed by atoms with Crippen LogP contribution >= 0.6 is 0 Å². The number of hydrogen-bond donors (Lipinski definition) is 0. The van der Waals surface area contributed by atoms with Crippen molar-refractivity contribution in [3.8, 4) is 12.1 Å². The van der Waals surface area contributed by atoms with Gasteiger partial charge < -0.3 is 4.42 Å². The van der Waals surface area contributed by atoms with E-state index in [9.17, 15) is 10.5 Å². The Hall–Kier alpha value is -3.56. The zero-order valence-electron chi connectivity index (χ0n) is 17.4. The normalized spacial score (nSPS) is 24.6. The third-order valence-corrected chi connectivity index (χ3v) is 7.21. The van der Waals surface area contributed by atoms with Gasteiger partial charge in [-0.15, -0.1) is 0 Å². The first-order valence-electron chi connectivity index (χ1n) is 10.9. The third-order valence-electron chi connectivity index (χ3n) is 7.21. The molecular weight excluding hydrogens is 380 g/mol. The number of allylic oxidation sites excluding steroid dienone is 2. The first kappa shape index (κ1) is 19.4. The Morgan fingerprint density at radius 2 is 1.32 bits per heavy atom. The molecule has 0 amide bonds. The standard InChI is InChI=1S/C28H24N2O/c29-18-28(19-30)17-23-15-25(21-10-5-2-6-11-21)24(20-8-3-1-4-9-20)14-22(23)16-26(28)27-12-7-13-31-27/h1-13,22-23,26H,14-17H2/t22-,23+,26?/m1/s1. The van der Waals surface area contributed by atoms with Gasteiger partial charge in [0.05, 0.1) is 18.4 Å². The van der Waals surface area contributed by atoms with Crippen molar-refractivity contribution in [1.82, 2.24) is 0 Å². The molecule has 152 valence electrons. The minimum absolute atomic E-state index is 0.186. The lowest BCUT2D eigenvalue weighted by Gasteiger charge is -2.45. The zero-order chi connectivity index (χ0) is 21.3. The maximum Gasteiger partial charge on any atom is 0.153 e. The molecule has 0 bridgehead atoms. The summed E-state index contributed by atoms with van der Waals surface area (Å²) < 4.78 is 5.70. The van der Waals surface area contributed by atoms with E-state index in [4.69, 9.17) is 4.42 Å². The molecule has 0 radical (unpaired) electrons. The number of fused-ring (bicyclic) bond motifs is 1. The molecule has 3 aromatic rings. The van der Waals surface area contributed by atoms with Gasteiger partial charge in [0.25, 0.3) is 0 Å². The molecule has 1 heterocycles. The van der Waals surface area contributed by atoms with Crippen molar-refractivity contribution in [3.63, 3.8) is 0 Å². The second-order valence-corrected chi connectivity index (χ2v) is 8.82. The quantitative estimate of drug-likeness (QED) is 0.481. The average Bonchev–Trinajstić information content (AvgIpc) is 3.38. The van der Waals surface area contributed by atoms with Crippen molar-refractivity contribution in [2.75, 3.05) is 0 Å². The van der Waals surface area contributed by atoms with Crippen molar-refractivity contribution in [3.05, 3.63) is 95.9 Å². The fourth-order valence-corrected chi connectivity index (χ4v) is 5.66. The second kappa shape index (κ2) is 7.93. The SMILES string of the molecule is N#CC1(C#N)C[C@@H]2CC(c3ccccc3)=C(c3ccccc3)C[C@@H]2CC1c1ccco1. The van der Waals surface area contributed by atoms with Crippen LogP contribution in [0.25, 0.3) is 11.1 Å². The molecule has 0 aliphatic heterocycles. The summed E-state index contributed by atoms with van der Waals surface area (Å²) in [6.45, 7) is 0. The molecule has 2 aromatic carbocycles. The summed E-state index contributed by atoms with van der Waals surface area (Å²) in [4.78, 5) is 0. The largest absolute Gasteiger partial charge is 0.469 e. The van der Waals surface area contributed by atoms with Gasteiger partial charge in [-0.2, -0.15) is 10.5 Å². The van der Waals surface area contributed by atoms with E-state index < -0.39 is 5.41 Å². The minimum Gasteiger partial charge on any atom is -0.469 e. The van der Waals surface area contributed by atoms with Gasteiger partial charge >= 0.3 is 0 Å². The Morgan fingerprint density at radius 3 is 1.84 bits per heavy atom. The van der Waals surface area contributed by atoms with Crippen LogP contribution in [-0.4, -0.2) is 0 Å². The van der Waals surface area contributed by atoms with E-state index in [2.05, 4.69) is 66.7 Å². The smallest absolute Gasteiger partial charge is 0.153 e. The molecule has 2 aliphatic carbocycles. The molecule has 5 rings (SSSR count). The molecular formula is C28H24N2O. The highest BCUT2D eigenvalue weighted by atomic mass is 16.3. The van der Waals surface area contributed by atoms with Crippen LogP contribution in [-0.2, 0) is 0 Å². The van der Waals surface area contributed by atoms with E-state index in [0.29, 0.717) is 18.3 Å². The highest BCUT2D eigenvalue weighted by Gasteiger charge is 2.51. The average molecular weight is 405 g/mol. The minimum atomic E-state index is -1.04. The van der Waals surface area contributed by atoms with Gasteiger partial charge in [-0.3, -0.25) is 0 Å². The number of nitriles is 2. The maximum absolute atomic E-state index is 10.1. The van der Waals surface area contributed by atoms with Crippen molar-refractivity contribution in [1.29, 1.82) is 10.5 Å². The molecule has 2 aliphatic rings. The molecule has 0 spiro atoms. The van der Waals surface area contributed by atoms with Crippen LogP contribution < -0.4 is 0 Å². The lowest BCUT2D eigenvalue weighted by molar-refractivity contribution is 0.130. The van der Waals surface area contributed by atoms with Gasteiger partial charge in [-0.25, -0.2) is 0 Å². The van der Waals surface area contributed by atoms with E-state index in [1.807, 2.05) is 18.2 Å². The van der Waals surface area contributed by atoms with Crippen LogP contribution in [0.4, 0.5) is 0 Å². The summed E-state index contributed by atoms with van der Waals surface area (Å²) in [5.74, 6) is 1.32. The molecule has 3 atom stereocenters. The molecule has 1 unspecified atom stereocenters. The second-order valence-electron chi connectivity index (χ2n) is 8.82. The van der Waals surface area contributed by atoms with Gasteiger partial charge in [0.2, 0.25) is 0 Å². The van der Waals surface area contributed by atoms with Crippen molar-refractivity contribution < 1.29 is 4.42 Å². The highest BCUT2D eigenvalue weighted by Crippen LogP contribution is 2.57. The molecule has 1 saturated carbocycles.